The van der Waals surface area contributed by atoms with Crippen molar-refractivity contribution in [1.29, 1.82) is 0 Å². The molecular weight excluding hydrogens is 198 g/mol. The number of nitrogens with zero attached hydrogens (tertiary/aromatic N) is 1. The zero-order valence-corrected chi connectivity index (χ0v) is 11.4. The van der Waals surface area contributed by atoms with Crippen LogP contribution in [0.15, 0.2) is 0 Å². The third kappa shape index (κ3) is 3.07. The summed E-state index contributed by atoms with van der Waals surface area (Å²) in [5, 5.41) is 0. The average Bonchev–Trinajstić information content (AvgIpc) is 2.29. The molecule has 1 atom stereocenters. The van der Waals surface area contributed by atoms with Gasteiger partial charge in [-0.25, -0.2) is 0 Å². The monoisotopic (exact) mass is 225 g/mol. The van der Waals surface area contributed by atoms with Crippen LogP contribution < -0.4 is 0 Å². The molecular formula is C14H27NO. The third-order valence-electron chi connectivity index (χ3n) is 3.92. The van der Waals surface area contributed by atoms with Crippen LogP contribution in [0.2, 0.25) is 0 Å². The number of carbonyl (C=O) groups excluding carboxylic acids is 1. The van der Waals surface area contributed by atoms with Crippen molar-refractivity contribution in [1.82, 2.24) is 4.90 Å². The highest BCUT2D eigenvalue weighted by atomic mass is 16.1. The predicted octanol–water partition coefficient (Wildman–Crippen LogP) is 3.26. The van der Waals surface area contributed by atoms with E-state index in [1.807, 2.05) is 0 Å². The van der Waals surface area contributed by atoms with Crippen LogP contribution in [0, 0.1) is 5.92 Å². The minimum Gasteiger partial charge on any atom is -0.297 e. The van der Waals surface area contributed by atoms with Gasteiger partial charge in [0.05, 0.1) is 5.54 Å². The van der Waals surface area contributed by atoms with Crippen LogP contribution in [0.5, 0.6) is 0 Å². The normalized spacial score (nSPS) is 20.8. The molecule has 1 aliphatic rings. The van der Waals surface area contributed by atoms with Gasteiger partial charge in [0.1, 0.15) is 0 Å². The van der Waals surface area contributed by atoms with Crippen molar-refractivity contribution in [3.05, 3.63) is 0 Å². The summed E-state index contributed by atoms with van der Waals surface area (Å²) in [6.45, 7) is 10.6. The van der Waals surface area contributed by atoms with E-state index < -0.39 is 0 Å². The van der Waals surface area contributed by atoms with Gasteiger partial charge >= 0.3 is 0 Å². The van der Waals surface area contributed by atoms with Gasteiger partial charge in [-0.15, -0.1) is 0 Å². The summed E-state index contributed by atoms with van der Waals surface area (Å²) in [7, 11) is 0. The van der Waals surface area contributed by atoms with Crippen molar-refractivity contribution in [2.24, 2.45) is 5.92 Å². The van der Waals surface area contributed by atoms with E-state index in [1.54, 1.807) is 0 Å². The van der Waals surface area contributed by atoms with E-state index in [9.17, 15) is 4.79 Å². The van der Waals surface area contributed by atoms with E-state index >= 15 is 0 Å². The molecule has 0 bridgehead atoms. The lowest BCUT2D eigenvalue weighted by Gasteiger charge is -2.41. The topological polar surface area (TPSA) is 20.3 Å². The van der Waals surface area contributed by atoms with Gasteiger partial charge in [-0.2, -0.15) is 0 Å². The molecule has 0 aliphatic carbocycles. The Labute approximate surface area is 100 Å². The van der Waals surface area contributed by atoms with Crippen LogP contribution >= 0.6 is 0 Å². The fourth-order valence-electron chi connectivity index (χ4n) is 2.78. The number of carbonyl (C=O) groups is 1. The molecule has 2 heteroatoms. The molecule has 1 fully saturated rings. The van der Waals surface area contributed by atoms with Crippen LogP contribution in [0.25, 0.3) is 0 Å². The number of ketones is 1. The molecule has 0 spiro atoms. The predicted molar refractivity (Wildman–Crippen MR) is 68.6 cm³/mol. The molecule has 0 saturated carbocycles. The number of hydrogen-bond acceptors (Lipinski definition) is 2. The first-order valence-electron chi connectivity index (χ1n) is 6.79. The maximum atomic E-state index is 12.4. The summed E-state index contributed by atoms with van der Waals surface area (Å²) in [6.07, 6.45) is 5.95. The summed E-state index contributed by atoms with van der Waals surface area (Å²) in [5.74, 6) is 0.637. The number of hydrogen-bond donors (Lipinski definition) is 0. The fraction of sp³-hybridized carbons (Fsp3) is 0.929. The standard InChI is InChI=1S/C14H27NO/c1-5-9-12(2)13(16)14(3,4)15-10-7-6-8-11-15/h12H,5-11H2,1-4H3. The van der Waals surface area contributed by atoms with Crippen molar-refractivity contribution in [2.75, 3.05) is 13.1 Å². The zero-order chi connectivity index (χ0) is 12.2. The molecule has 1 heterocycles. The molecule has 2 nitrogen and oxygen atoms in total. The lowest BCUT2D eigenvalue weighted by atomic mass is 9.85. The summed E-state index contributed by atoms with van der Waals surface area (Å²) in [4.78, 5) is 14.8. The number of Topliss-reactive ketones (excluding diaryl/α,β-unsaturated/α-hetero) is 1. The molecule has 0 N–H and O–H groups in total. The first-order chi connectivity index (χ1) is 7.50. The highest BCUT2D eigenvalue weighted by molar-refractivity contribution is 5.89. The molecule has 1 saturated heterocycles. The third-order valence-corrected chi connectivity index (χ3v) is 3.92. The lowest BCUT2D eigenvalue weighted by molar-refractivity contribution is -0.134. The summed E-state index contributed by atoms with van der Waals surface area (Å²) < 4.78 is 0. The summed E-state index contributed by atoms with van der Waals surface area (Å²) >= 11 is 0. The first kappa shape index (κ1) is 13.7. The maximum absolute atomic E-state index is 12.4. The zero-order valence-electron chi connectivity index (χ0n) is 11.4. The molecule has 0 aromatic heterocycles. The molecule has 0 amide bonds. The van der Waals surface area contributed by atoms with Gasteiger partial charge < -0.3 is 0 Å². The van der Waals surface area contributed by atoms with Gasteiger partial charge in [0.15, 0.2) is 5.78 Å². The van der Waals surface area contributed by atoms with Gasteiger partial charge in [0.2, 0.25) is 0 Å². The Morgan fingerprint density at radius 3 is 2.31 bits per heavy atom. The van der Waals surface area contributed by atoms with Crippen molar-refractivity contribution in [3.8, 4) is 0 Å². The van der Waals surface area contributed by atoms with E-state index in [0.29, 0.717) is 5.78 Å². The number of piperidine rings is 1. The van der Waals surface area contributed by atoms with Crippen LogP contribution in [-0.2, 0) is 4.79 Å². The molecule has 1 aliphatic heterocycles. The quantitative estimate of drug-likeness (QED) is 0.716. The Morgan fingerprint density at radius 2 is 1.81 bits per heavy atom. The van der Waals surface area contributed by atoms with Gasteiger partial charge in [-0.05, 0) is 46.2 Å². The van der Waals surface area contributed by atoms with Crippen molar-refractivity contribution in [3.63, 3.8) is 0 Å². The molecule has 1 unspecified atom stereocenters. The van der Waals surface area contributed by atoms with Crippen molar-refractivity contribution in [2.45, 2.75) is 65.3 Å². The van der Waals surface area contributed by atoms with Crippen LogP contribution in [0.3, 0.4) is 0 Å². The molecule has 16 heavy (non-hydrogen) atoms. The Kier molecular flexibility index (Phi) is 4.97. The van der Waals surface area contributed by atoms with Gasteiger partial charge in [0.25, 0.3) is 0 Å². The largest absolute Gasteiger partial charge is 0.297 e. The number of likely N-dealkylation sites (tertiary alicyclic amines) is 1. The Bertz CT molecular complexity index is 229. The Morgan fingerprint density at radius 1 is 1.25 bits per heavy atom. The average molecular weight is 225 g/mol. The Hall–Kier alpha value is -0.370. The van der Waals surface area contributed by atoms with E-state index in [2.05, 4.69) is 32.6 Å². The second kappa shape index (κ2) is 5.81. The maximum Gasteiger partial charge on any atom is 0.155 e. The highest BCUT2D eigenvalue weighted by Crippen LogP contribution is 2.25. The second-order valence-corrected chi connectivity index (χ2v) is 5.66. The SMILES string of the molecule is CCCC(C)C(=O)C(C)(C)N1CCCCC1. The minimum atomic E-state index is -0.255. The van der Waals surface area contributed by atoms with E-state index in [0.717, 1.165) is 25.9 Å². The first-order valence-corrected chi connectivity index (χ1v) is 6.79. The Balaban J connectivity index is 2.63. The molecule has 94 valence electrons. The van der Waals surface area contributed by atoms with E-state index in [1.165, 1.54) is 19.3 Å². The minimum absolute atomic E-state index is 0.210. The fourth-order valence-corrected chi connectivity index (χ4v) is 2.78. The smallest absolute Gasteiger partial charge is 0.155 e. The molecule has 0 aromatic rings. The molecule has 1 rings (SSSR count). The molecule has 0 aromatic carbocycles. The summed E-state index contributed by atoms with van der Waals surface area (Å²) in [6, 6.07) is 0. The van der Waals surface area contributed by atoms with E-state index in [-0.39, 0.29) is 11.5 Å². The van der Waals surface area contributed by atoms with Crippen molar-refractivity contribution < 1.29 is 4.79 Å². The van der Waals surface area contributed by atoms with Gasteiger partial charge in [-0.1, -0.05) is 26.7 Å². The van der Waals surface area contributed by atoms with Crippen LogP contribution in [-0.4, -0.2) is 29.3 Å². The second-order valence-electron chi connectivity index (χ2n) is 5.66. The van der Waals surface area contributed by atoms with Gasteiger partial charge in [0, 0.05) is 5.92 Å². The van der Waals surface area contributed by atoms with Gasteiger partial charge in [-0.3, -0.25) is 9.69 Å². The lowest BCUT2D eigenvalue weighted by Crippen LogP contribution is -2.53. The summed E-state index contributed by atoms with van der Waals surface area (Å²) in [5.41, 5.74) is -0.255. The van der Waals surface area contributed by atoms with Crippen LogP contribution in [0.1, 0.15) is 59.8 Å². The number of rotatable bonds is 5. The highest BCUT2D eigenvalue weighted by Gasteiger charge is 2.36. The van der Waals surface area contributed by atoms with Crippen LogP contribution in [0.4, 0.5) is 0 Å². The molecule has 0 radical (unpaired) electrons. The van der Waals surface area contributed by atoms with Crippen molar-refractivity contribution >= 4 is 5.78 Å². The van der Waals surface area contributed by atoms with E-state index in [4.69, 9.17) is 0 Å².